The molecule has 25 heavy (non-hydrogen) atoms. The molecule has 0 aliphatic carbocycles. The van der Waals surface area contributed by atoms with Gasteiger partial charge in [0.05, 0.1) is 0 Å². The molecule has 0 bridgehead atoms. The van der Waals surface area contributed by atoms with Crippen molar-refractivity contribution in [2.24, 2.45) is 0 Å². The lowest BCUT2D eigenvalue weighted by molar-refractivity contribution is 0.579. The first kappa shape index (κ1) is 15.9. The summed E-state index contributed by atoms with van der Waals surface area (Å²) < 4.78 is 0. The first-order chi connectivity index (χ1) is 12.3. The Bertz CT molecular complexity index is 840. The first-order valence-corrected chi connectivity index (χ1v) is 9.10. The van der Waals surface area contributed by atoms with E-state index in [1.165, 1.54) is 0 Å². The molecule has 3 heterocycles. The Morgan fingerprint density at radius 3 is 2.60 bits per heavy atom. The van der Waals surface area contributed by atoms with E-state index in [2.05, 4.69) is 53.0 Å². The summed E-state index contributed by atoms with van der Waals surface area (Å²) in [5.41, 5.74) is 3.10. The SMILES string of the molecule is Cc1csc(-c2ccc(Nc3ncnc(N4CCNCC4)n3)cc2)n1. The van der Waals surface area contributed by atoms with Gasteiger partial charge < -0.3 is 15.5 Å². The highest BCUT2D eigenvalue weighted by Gasteiger charge is 2.13. The molecular formula is C17H19N7S. The fraction of sp³-hybridized carbons (Fsp3) is 0.294. The van der Waals surface area contributed by atoms with Crippen LogP contribution in [-0.4, -0.2) is 46.1 Å². The van der Waals surface area contributed by atoms with Crippen molar-refractivity contribution in [3.8, 4) is 10.6 Å². The van der Waals surface area contributed by atoms with Gasteiger partial charge in [0.2, 0.25) is 11.9 Å². The van der Waals surface area contributed by atoms with Gasteiger partial charge in [0.15, 0.2) is 0 Å². The standard InChI is InChI=1S/C17H19N7S/c1-12-10-25-15(21-12)13-2-4-14(5-3-13)22-16-19-11-20-17(23-16)24-8-6-18-7-9-24/h2-5,10-11,18H,6-9H2,1H3,(H,19,20,22,23). The molecule has 0 radical (unpaired) electrons. The lowest BCUT2D eigenvalue weighted by atomic mass is 10.2. The molecule has 2 aromatic heterocycles. The zero-order valence-electron chi connectivity index (χ0n) is 13.9. The molecule has 0 spiro atoms. The van der Waals surface area contributed by atoms with Crippen molar-refractivity contribution >= 4 is 28.9 Å². The third kappa shape index (κ3) is 3.75. The van der Waals surface area contributed by atoms with Crippen LogP contribution in [0.5, 0.6) is 0 Å². The number of nitrogens with one attached hydrogen (secondary N) is 2. The number of aryl methyl sites for hydroxylation is 1. The Morgan fingerprint density at radius 2 is 1.88 bits per heavy atom. The summed E-state index contributed by atoms with van der Waals surface area (Å²) in [6.45, 7) is 5.72. The fourth-order valence-electron chi connectivity index (χ4n) is 2.68. The van der Waals surface area contributed by atoms with E-state index in [1.807, 2.05) is 19.1 Å². The molecule has 0 saturated carbocycles. The van der Waals surface area contributed by atoms with E-state index in [0.717, 1.165) is 48.1 Å². The van der Waals surface area contributed by atoms with Gasteiger partial charge in [-0.15, -0.1) is 11.3 Å². The normalized spacial score (nSPS) is 14.5. The molecule has 2 N–H and O–H groups in total. The van der Waals surface area contributed by atoms with Gasteiger partial charge in [0, 0.05) is 48.5 Å². The molecule has 8 heteroatoms. The average Bonchev–Trinajstić information content (AvgIpc) is 3.10. The minimum atomic E-state index is 0.557. The summed E-state index contributed by atoms with van der Waals surface area (Å²) in [5.74, 6) is 1.27. The maximum Gasteiger partial charge on any atom is 0.231 e. The zero-order valence-corrected chi connectivity index (χ0v) is 14.8. The van der Waals surface area contributed by atoms with Gasteiger partial charge >= 0.3 is 0 Å². The molecule has 0 atom stereocenters. The van der Waals surface area contributed by atoms with Gasteiger partial charge in [-0.2, -0.15) is 4.98 Å². The number of thiazole rings is 1. The Morgan fingerprint density at radius 1 is 1.08 bits per heavy atom. The smallest absolute Gasteiger partial charge is 0.231 e. The second-order valence-corrected chi connectivity index (χ2v) is 6.70. The van der Waals surface area contributed by atoms with Gasteiger partial charge in [-0.25, -0.2) is 15.0 Å². The third-order valence-corrected chi connectivity index (χ3v) is 4.98. The second-order valence-electron chi connectivity index (χ2n) is 5.84. The van der Waals surface area contributed by atoms with Crippen LogP contribution in [0.3, 0.4) is 0 Å². The number of benzene rings is 1. The molecule has 7 nitrogen and oxygen atoms in total. The van der Waals surface area contributed by atoms with Crippen molar-refractivity contribution in [3.63, 3.8) is 0 Å². The van der Waals surface area contributed by atoms with E-state index < -0.39 is 0 Å². The van der Waals surface area contributed by atoms with Crippen molar-refractivity contribution < 1.29 is 0 Å². The minimum Gasteiger partial charge on any atom is -0.338 e. The molecule has 0 unspecified atom stereocenters. The summed E-state index contributed by atoms with van der Waals surface area (Å²) in [7, 11) is 0. The van der Waals surface area contributed by atoms with Gasteiger partial charge in [-0.1, -0.05) is 0 Å². The number of hydrogen-bond acceptors (Lipinski definition) is 8. The highest BCUT2D eigenvalue weighted by Crippen LogP contribution is 2.25. The van der Waals surface area contributed by atoms with Crippen molar-refractivity contribution in [1.29, 1.82) is 0 Å². The van der Waals surface area contributed by atoms with Crippen LogP contribution < -0.4 is 15.5 Å². The fourth-order valence-corrected chi connectivity index (χ4v) is 3.48. The summed E-state index contributed by atoms with van der Waals surface area (Å²) in [4.78, 5) is 19.7. The molecule has 4 rings (SSSR count). The van der Waals surface area contributed by atoms with Gasteiger partial charge in [0.25, 0.3) is 0 Å². The number of nitrogens with zero attached hydrogens (tertiary/aromatic N) is 5. The molecule has 3 aromatic rings. The molecule has 1 saturated heterocycles. The van der Waals surface area contributed by atoms with Gasteiger partial charge in [-0.3, -0.25) is 0 Å². The quantitative estimate of drug-likeness (QED) is 0.746. The van der Waals surface area contributed by atoms with E-state index in [1.54, 1.807) is 17.7 Å². The first-order valence-electron chi connectivity index (χ1n) is 8.22. The average molecular weight is 353 g/mol. The van der Waals surface area contributed by atoms with Crippen molar-refractivity contribution in [1.82, 2.24) is 25.3 Å². The van der Waals surface area contributed by atoms with Crippen molar-refractivity contribution in [3.05, 3.63) is 41.7 Å². The number of anilines is 3. The monoisotopic (exact) mass is 353 g/mol. The highest BCUT2D eigenvalue weighted by atomic mass is 32.1. The Labute approximate surface area is 150 Å². The molecule has 0 amide bonds. The van der Waals surface area contributed by atoms with Crippen LogP contribution in [-0.2, 0) is 0 Å². The Balaban J connectivity index is 1.48. The van der Waals surface area contributed by atoms with Crippen molar-refractivity contribution in [2.45, 2.75) is 6.92 Å². The van der Waals surface area contributed by atoms with E-state index in [-0.39, 0.29) is 0 Å². The predicted molar refractivity (Wildman–Crippen MR) is 100 cm³/mol. The third-order valence-electron chi connectivity index (χ3n) is 3.97. The van der Waals surface area contributed by atoms with Gasteiger partial charge in [0.1, 0.15) is 11.3 Å². The van der Waals surface area contributed by atoms with E-state index in [9.17, 15) is 0 Å². The number of rotatable bonds is 4. The van der Waals surface area contributed by atoms with E-state index >= 15 is 0 Å². The minimum absolute atomic E-state index is 0.557. The molecule has 1 aliphatic heterocycles. The largest absolute Gasteiger partial charge is 0.338 e. The highest BCUT2D eigenvalue weighted by molar-refractivity contribution is 7.13. The van der Waals surface area contributed by atoms with Crippen LogP contribution >= 0.6 is 11.3 Å². The topological polar surface area (TPSA) is 78.9 Å². The van der Waals surface area contributed by atoms with Crippen LogP contribution in [0.25, 0.3) is 10.6 Å². The van der Waals surface area contributed by atoms with E-state index in [0.29, 0.717) is 11.9 Å². The summed E-state index contributed by atoms with van der Waals surface area (Å²) in [6, 6.07) is 8.14. The van der Waals surface area contributed by atoms with Crippen LogP contribution in [0.4, 0.5) is 17.6 Å². The van der Waals surface area contributed by atoms with Crippen LogP contribution in [0, 0.1) is 6.92 Å². The zero-order chi connectivity index (χ0) is 17.1. The predicted octanol–water partition coefficient (Wildman–Crippen LogP) is 2.46. The Kier molecular flexibility index (Phi) is 4.53. The second kappa shape index (κ2) is 7.12. The molecule has 1 fully saturated rings. The van der Waals surface area contributed by atoms with Crippen LogP contribution in [0.15, 0.2) is 36.0 Å². The molecular weight excluding hydrogens is 334 g/mol. The lowest BCUT2D eigenvalue weighted by Crippen LogP contribution is -2.44. The lowest BCUT2D eigenvalue weighted by Gasteiger charge is -2.27. The molecule has 1 aliphatic rings. The summed E-state index contributed by atoms with van der Waals surface area (Å²) >= 11 is 1.66. The summed E-state index contributed by atoms with van der Waals surface area (Å²) in [6.07, 6.45) is 1.55. The van der Waals surface area contributed by atoms with Gasteiger partial charge in [-0.05, 0) is 31.2 Å². The number of piperazine rings is 1. The number of aromatic nitrogens is 4. The Hall–Kier alpha value is -2.58. The molecule has 128 valence electrons. The molecule has 1 aromatic carbocycles. The summed E-state index contributed by atoms with van der Waals surface area (Å²) in [5, 5.41) is 9.66. The van der Waals surface area contributed by atoms with Crippen LogP contribution in [0.2, 0.25) is 0 Å². The van der Waals surface area contributed by atoms with E-state index in [4.69, 9.17) is 0 Å². The maximum atomic E-state index is 4.53. The number of hydrogen-bond donors (Lipinski definition) is 2. The maximum absolute atomic E-state index is 4.53. The van der Waals surface area contributed by atoms with Crippen LogP contribution in [0.1, 0.15) is 5.69 Å². The van der Waals surface area contributed by atoms with Crippen molar-refractivity contribution in [2.75, 3.05) is 36.4 Å².